The predicted molar refractivity (Wildman–Crippen MR) is 131 cm³/mol. The molecule has 1 aliphatic rings. The van der Waals surface area contributed by atoms with Crippen LogP contribution in [-0.2, 0) is 29.8 Å². The maximum absolute atomic E-state index is 12.9. The number of aromatic nitrogens is 2. The highest BCUT2D eigenvalue weighted by Gasteiger charge is 2.34. The molecular weight excluding hydrogens is 544 g/mol. The third-order valence-electron chi connectivity index (χ3n) is 5.15. The van der Waals surface area contributed by atoms with Gasteiger partial charge in [0.2, 0.25) is 5.88 Å². The molecule has 1 amide bonds. The molecule has 4 N–H and O–H groups in total. The quantitative estimate of drug-likeness (QED) is 0.240. The Morgan fingerprint density at radius 1 is 0.868 bits per heavy atom. The Balaban J connectivity index is 1.59. The number of carbonyl (C=O) groups excluding carboxylic acids is 1. The van der Waals surface area contributed by atoms with Crippen LogP contribution < -0.4 is 5.01 Å². The molecule has 0 unspecified atom stereocenters. The fourth-order valence-electron chi connectivity index (χ4n) is 3.33. The molecule has 14 nitrogen and oxygen atoms in total. The van der Waals surface area contributed by atoms with Gasteiger partial charge < -0.3 is 10.2 Å². The molecule has 0 radical (unpaired) electrons. The summed E-state index contributed by atoms with van der Waals surface area (Å²) in [5.41, 5.74) is -0.405. The van der Waals surface area contributed by atoms with Crippen molar-refractivity contribution in [2.24, 2.45) is 5.10 Å². The third kappa shape index (κ3) is 5.23. The number of hydrogen-bond acceptors (Lipinski definition) is 9. The van der Waals surface area contributed by atoms with Crippen LogP contribution in [0.4, 0.5) is 5.69 Å². The van der Waals surface area contributed by atoms with Crippen LogP contribution in [0, 0.1) is 0 Å². The standard InChI is InChI=1S/C22H16N4O10S2/c27-20-13(12-23-25(20)14-4-8-16(9-5-14)37(31,32)33)2-1-3-18-19(22(29)30)24-26(21(18)28)15-6-10-17(11-7-15)38(34,35)36/h1-12,27H,(H,29,30)(H,31,32,33)(H,34,35,36). The van der Waals surface area contributed by atoms with Gasteiger partial charge in [0.1, 0.15) is 0 Å². The average Bonchev–Trinajstić information content (AvgIpc) is 3.38. The summed E-state index contributed by atoms with van der Waals surface area (Å²) in [5.74, 6) is -2.69. The molecule has 4 rings (SSSR count). The van der Waals surface area contributed by atoms with Gasteiger partial charge in [0.25, 0.3) is 26.1 Å². The normalized spacial score (nSPS) is 15.4. The van der Waals surface area contributed by atoms with Crippen molar-refractivity contribution in [2.45, 2.75) is 9.79 Å². The summed E-state index contributed by atoms with van der Waals surface area (Å²) in [6.07, 6.45) is 5.01. The van der Waals surface area contributed by atoms with Crippen molar-refractivity contribution in [3.05, 3.63) is 78.0 Å². The second-order valence-electron chi connectivity index (χ2n) is 7.58. The van der Waals surface area contributed by atoms with E-state index >= 15 is 0 Å². The van der Waals surface area contributed by atoms with Gasteiger partial charge in [-0.25, -0.2) is 9.48 Å². The van der Waals surface area contributed by atoms with Crippen LogP contribution in [0.1, 0.15) is 5.56 Å². The number of hydrazone groups is 1. The van der Waals surface area contributed by atoms with E-state index < -0.39 is 42.7 Å². The number of amides is 1. The summed E-state index contributed by atoms with van der Waals surface area (Å²) < 4.78 is 64.0. The molecule has 16 heteroatoms. The van der Waals surface area contributed by atoms with Crippen molar-refractivity contribution < 1.29 is 45.7 Å². The SMILES string of the molecule is O=C(O)C1=NN(c2ccc(S(=O)(=O)O)cc2)C(=O)C1=CC=Cc1cnn(-c2ccc(S(=O)(=O)O)cc2)c1O. The van der Waals surface area contributed by atoms with E-state index in [0.717, 1.165) is 52.2 Å². The number of hydrogen-bond donors (Lipinski definition) is 4. The Kier molecular flexibility index (Phi) is 6.73. The van der Waals surface area contributed by atoms with Crippen molar-refractivity contribution in [1.29, 1.82) is 0 Å². The number of rotatable bonds is 7. The van der Waals surface area contributed by atoms with Crippen LogP contribution in [0.5, 0.6) is 5.88 Å². The van der Waals surface area contributed by atoms with E-state index in [1.165, 1.54) is 30.5 Å². The number of aromatic hydroxyl groups is 1. The number of carboxylic acid groups (broad SMARTS) is 1. The zero-order valence-corrected chi connectivity index (χ0v) is 20.4. The molecule has 0 bridgehead atoms. The number of nitrogens with zero attached hydrogens (tertiary/aromatic N) is 4. The number of aliphatic carboxylic acids is 1. The van der Waals surface area contributed by atoms with Gasteiger partial charge in [-0.3, -0.25) is 13.9 Å². The van der Waals surface area contributed by atoms with E-state index in [1.807, 2.05) is 0 Å². The maximum Gasteiger partial charge on any atom is 0.357 e. The maximum atomic E-state index is 12.9. The molecular formula is C22H16N4O10S2. The smallest absolute Gasteiger partial charge is 0.357 e. The predicted octanol–water partition coefficient (Wildman–Crippen LogP) is 1.50. The lowest BCUT2D eigenvalue weighted by atomic mass is 10.1. The van der Waals surface area contributed by atoms with Crippen molar-refractivity contribution in [2.75, 3.05) is 5.01 Å². The van der Waals surface area contributed by atoms with Crippen LogP contribution >= 0.6 is 0 Å². The highest BCUT2D eigenvalue weighted by molar-refractivity contribution is 7.86. The molecule has 0 fully saturated rings. The molecule has 0 saturated carbocycles. The van der Waals surface area contributed by atoms with Gasteiger partial charge in [-0.2, -0.15) is 32.0 Å². The van der Waals surface area contributed by atoms with Crippen LogP contribution in [0.15, 0.2) is 87.3 Å². The Labute approximate surface area is 214 Å². The molecule has 0 spiro atoms. The van der Waals surface area contributed by atoms with E-state index in [2.05, 4.69) is 10.2 Å². The zero-order chi connectivity index (χ0) is 27.8. The van der Waals surface area contributed by atoms with Crippen molar-refractivity contribution in [3.63, 3.8) is 0 Å². The fraction of sp³-hybridized carbons (Fsp3) is 0. The molecule has 1 aromatic heterocycles. The second-order valence-corrected chi connectivity index (χ2v) is 10.4. The third-order valence-corrected chi connectivity index (χ3v) is 6.88. The van der Waals surface area contributed by atoms with Gasteiger partial charge in [0, 0.05) is 0 Å². The fourth-order valence-corrected chi connectivity index (χ4v) is 4.29. The molecule has 0 aliphatic carbocycles. The topological polar surface area (TPSA) is 217 Å². The van der Waals surface area contributed by atoms with E-state index in [-0.39, 0.29) is 33.3 Å². The van der Waals surface area contributed by atoms with Gasteiger partial charge >= 0.3 is 5.97 Å². The lowest BCUT2D eigenvalue weighted by Gasteiger charge is -2.11. The van der Waals surface area contributed by atoms with Gasteiger partial charge in [0.15, 0.2) is 5.71 Å². The first kappa shape index (κ1) is 26.4. The zero-order valence-electron chi connectivity index (χ0n) is 18.8. The first-order valence-electron chi connectivity index (χ1n) is 10.2. The van der Waals surface area contributed by atoms with Crippen LogP contribution in [0.25, 0.3) is 11.8 Å². The Morgan fingerprint density at radius 2 is 1.39 bits per heavy atom. The minimum absolute atomic E-state index is 0.0486. The Morgan fingerprint density at radius 3 is 1.89 bits per heavy atom. The second kappa shape index (κ2) is 9.67. The molecule has 2 aromatic carbocycles. The highest BCUT2D eigenvalue weighted by Crippen LogP contribution is 2.26. The summed E-state index contributed by atoms with van der Waals surface area (Å²) in [6, 6.07) is 9.20. The Hall–Kier alpha value is -4.64. The molecule has 0 atom stereocenters. The van der Waals surface area contributed by atoms with Crippen molar-refractivity contribution >= 4 is 49.6 Å². The number of benzene rings is 2. The molecule has 196 valence electrons. The van der Waals surface area contributed by atoms with E-state index in [9.17, 15) is 36.6 Å². The van der Waals surface area contributed by atoms with Crippen molar-refractivity contribution in [3.8, 4) is 11.6 Å². The first-order valence-corrected chi connectivity index (χ1v) is 13.1. The average molecular weight is 561 g/mol. The van der Waals surface area contributed by atoms with Crippen molar-refractivity contribution in [1.82, 2.24) is 9.78 Å². The Bertz CT molecular complexity index is 1750. The summed E-state index contributed by atoms with van der Waals surface area (Å²) in [6.45, 7) is 0. The highest BCUT2D eigenvalue weighted by atomic mass is 32.2. The summed E-state index contributed by atoms with van der Waals surface area (Å²) >= 11 is 0. The van der Waals surface area contributed by atoms with Gasteiger partial charge in [0.05, 0.1) is 38.5 Å². The lowest BCUT2D eigenvalue weighted by Crippen LogP contribution is -2.22. The van der Waals surface area contributed by atoms with Gasteiger partial charge in [-0.1, -0.05) is 6.08 Å². The molecule has 3 aromatic rings. The van der Waals surface area contributed by atoms with Gasteiger partial charge in [-0.05, 0) is 60.7 Å². The minimum atomic E-state index is -4.47. The van der Waals surface area contributed by atoms with E-state index in [4.69, 9.17) is 9.11 Å². The number of carboxylic acids is 1. The first-order chi connectivity index (χ1) is 17.8. The summed E-state index contributed by atoms with van der Waals surface area (Å²) in [7, 11) is -8.87. The summed E-state index contributed by atoms with van der Waals surface area (Å²) in [4.78, 5) is 23.7. The molecule has 2 heterocycles. The van der Waals surface area contributed by atoms with Crippen LogP contribution in [0.3, 0.4) is 0 Å². The minimum Gasteiger partial charge on any atom is -0.493 e. The van der Waals surface area contributed by atoms with Gasteiger partial charge in [-0.15, -0.1) is 0 Å². The van der Waals surface area contributed by atoms with E-state index in [0.29, 0.717) is 0 Å². The molecule has 0 saturated heterocycles. The van der Waals surface area contributed by atoms with E-state index in [1.54, 1.807) is 0 Å². The number of anilines is 1. The lowest BCUT2D eigenvalue weighted by molar-refractivity contribution is -0.129. The largest absolute Gasteiger partial charge is 0.493 e. The molecule has 1 aliphatic heterocycles. The number of allylic oxidation sites excluding steroid dienone is 2. The number of carbonyl (C=O) groups is 2. The molecule has 38 heavy (non-hydrogen) atoms. The van der Waals surface area contributed by atoms with Crippen LogP contribution in [-0.4, -0.2) is 63.5 Å². The monoisotopic (exact) mass is 560 g/mol. The van der Waals surface area contributed by atoms with Crippen LogP contribution in [0.2, 0.25) is 0 Å². The summed E-state index contributed by atoms with van der Waals surface area (Å²) in [5, 5.41) is 28.5.